The molecule has 0 saturated carbocycles. The minimum atomic E-state index is -0.409. The van der Waals surface area contributed by atoms with Crippen LogP contribution in [0.15, 0.2) is 66.2 Å². The van der Waals surface area contributed by atoms with Crippen molar-refractivity contribution in [3.8, 4) is 5.97 Å². The summed E-state index contributed by atoms with van der Waals surface area (Å²) in [5, 5.41) is 10.1. The van der Waals surface area contributed by atoms with Crippen LogP contribution in [0.2, 0.25) is 12.6 Å². The largest absolute Gasteiger partial charge is 0.404 e. The molecule has 0 atom stereocenters. The fourth-order valence-corrected chi connectivity index (χ4v) is 4.58. The molecule has 6 nitrogen and oxygen atoms in total. The van der Waals surface area contributed by atoms with Crippen molar-refractivity contribution < 1.29 is 4.39 Å². The van der Waals surface area contributed by atoms with Gasteiger partial charge in [-0.3, -0.25) is 9.98 Å². The minimum Gasteiger partial charge on any atom is -0.404 e. The first-order valence-electron chi connectivity index (χ1n) is 11.5. The maximum atomic E-state index is 14.9. The third kappa shape index (κ3) is 4.42. The van der Waals surface area contributed by atoms with E-state index in [1.54, 1.807) is 23.0 Å². The van der Waals surface area contributed by atoms with Crippen molar-refractivity contribution in [1.82, 2.24) is 14.4 Å². The van der Waals surface area contributed by atoms with Crippen molar-refractivity contribution in [1.29, 1.82) is 5.26 Å². The molecule has 0 spiro atoms. The number of pyridine rings is 2. The van der Waals surface area contributed by atoms with Crippen molar-refractivity contribution in [2.24, 2.45) is 10.7 Å². The Morgan fingerprint density at radius 2 is 2.12 bits per heavy atom. The van der Waals surface area contributed by atoms with Gasteiger partial charge in [0.15, 0.2) is 11.5 Å². The van der Waals surface area contributed by atoms with Crippen LogP contribution in [0, 0.1) is 17.0 Å². The third-order valence-corrected chi connectivity index (χ3v) is 6.51. The molecule has 4 aromatic rings. The van der Waals surface area contributed by atoms with Gasteiger partial charge >= 0.3 is 0 Å². The van der Waals surface area contributed by atoms with Crippen LogP contribution < -0.4 is 5.73 Å². The number of benzene rings is 1. The Balaban J connectivity index is 1.41. The van der Waals surface area contributed by atoms with Gasteiger partial charge in [0.2, 0.25) is 0 Å². The minimum absolute atomic E-state index is 0.131. The summed E-state index contributed by atoms with van der Waals surface area (Å²) in [6, 6.07) is 11.7. The Morgan fingerprint density at radius 1 is 1.26 bits per heavy atom. The van der Waals surface area contributed by atoms with Gasteiger partial charge in [0, 0.05) is 71.7 Å². The molecule has 168 valence electrons. The van der Waals surface area contributed by atoms with Crippen LogP contribution >= 0.6 is 0 Å². The number of imidazole rings is 1. The van der Waals surface area contributed by atoms with E-state index in [2.05, 4.69) is 27.0 Å². The van der Waals surface area contributed by atoms with Crippen molar-refractivity contribution in [2.45, 2.75) is 37.9 Å². The van der Waals surface area contributed by atoms with Crippen LogP contribution in [0.1, 0.15) is 29.7 Å². The first-order chi connectivity index (χ1) is 16.6. The number of halogens is 1. The molecule has 1 saturated heterocycles. The van der Waals surface area contributed by atoms with Crippen molar-refractivity contribution in [2.75, 3.05) is 0 Å². The van der Waals surface area contributed by atoms with E-state index in [0.717, 1.165) is 47.6 Å². The van der Waals surface area contributed by atoms with Crippen LogP contribution in [0.25, 0.3) is 22.1 Å². The highest BCUT2D eigenvalue weighted by atomic mass is 19.1. The lowest BCUT2D eigenvalue weighted by molar-refractivity contribution is 0.606. The van der Waals surface area contributed by atoms with E-state index >= 15 is 0 Å². The average molecular weight is 450 g/mol. The second-order valence-electron chi connectivity index (χ2n) is 8.76. The van der Waals surface area contributed by atoms with E-state index in [0.29, 0.717) is 17.6 Å². The van der Waals surface area contributed by atoms with Gasteiger partial charge in [-0.1, -0.05) is 24.8 Å². The molecular formula is C26H24BFN6. The number of nitrogens with zero attached hydrogens (tertiary/aromatic N) is 5. The summed E-state index contributed by atoms with van der Waals surface area (Å²) in [7, 11) is 0. The van der Waals surface area contributed by atoms with Gasteiger partial charge in [0.1, 0.15) is 0 Å². The number of nitrogens with two attached hydrogens (primary N) is 1. The molecule has 8 heteroatoms. The zero-order valence-electron chi connectivity index (χ0n) is 18.7. The van der Waals surface area contributed by atoms with Crippen LogP contribution in [0.4, 0.5) is 4.39 Å². The van der Waals surface area contributed by atoms with Gasteiger partial charge in [-0.05, 0) is 42.7 Å². The molecule has 1 fully saturated rings. The van der Waals surface area contributed by atoms with E-state index in [1.807, 2.05) is 30.5 Å². The lowest BCUT2D eigenvalue weighted by Crippen LogP contribution is -2.22. The van der Waals surface area contributed by atoms with E-state index in [-0.39, 0.29) is 18.4 Å². The highest BCUT2D eigenvalue weighted by molar-refractivity contribution is 6.67. The zero-order chi connectivity index (χ0) is 23.5. The fraction of sp³-hybridized carbons (Fsp3) is 0.231. The molecule has 4 heterocycles. The molecule has 1 aliphatic rings. The topological polar surface area (TPSA) is 92.4 Å². The summed E-state index contributed by atoms with van der Waals surface area (Å²) >= 11 is 0. The van der Waals surface area contributed by atoms with E-state index < -0.39 is 5.82 Å². The molecule has 5 rings (SSSR count). The molecule has 3 aromatic heterocycles. The van der Waals surface area contributed by atoms with Gasteiger partial charge in [-0.15, -0.1) is 0 Å². The number of hydrogen-bond donors (Lipinski definition) is 1. The van der Waals surface area contributed by atoms with Crippen molar-refractivity contribution in [3.63, 3.8) is 0 Å². The Kier molecular flexibility index (Phi) is 6.09. The lowest BCUT2D eigenvalue weighted by Gasteiger charge is -2.19. The van der Waals surface area contributed by atoms with Crippen molar-refractivity contribution in [3.05, 3.63) is 83.8 Å². The Hall–Kier alpha value is -3.99. The van der Waals surface area contributed by atoms with Crippen LogP contribution in [-0.2, 0) is 6.42 Å². The predicted molar refractivity (Wildman–Crippen MR) is 134 cm³/mol. The van der Waals surface area contributed by atoms with E-state index in [4.69, 9.17) is 11.0 Å². The standard InChI is InChI=1S/C26H24BFN6/c28-24-12-20(21(13-29)14-32-22-5-7-27(17-30)8-6-22)16-34-23(15-33-26(24)34)11-18-3-4-25-19(10-18)2-1-9-31-25/h1-4,9-10,12-16,22H,5-8,11,29H2/b21-13+,32-14?. The highest BCUT2D eigenvalue weighted by Crippen LogP contribution is 2.24. The maximum Gasteiger partial charge on any atom is 0.268 e. The third-order valence-electron chi connectivity index (χ3n) is 6.51. The summed E-state index contributed by atoms with van der Waals surface area (Å²) in [6.45, 7) is 0.131. The van der Waals surface area contributed by atoms with Gasteiger partial charge in [-0.2, -0.15) is 0 Å². The molecule has 1 aromatic carbocycles. The lowest BCUT2D eigenvalue weighted by atomic mass is 9.42. The number of allylic oxidation sites excluding steroid dienone is 1. The number of rotatable bonds is 5. The number of hydrogen-bond acceptors (Lipinski definition) is 5. The zero-order valence-corrected chi connectivity index (χ0v) is 18.7. The van der Waals surface area contributed by atoms with Crippen LogP contribution in [-0.4, -0.2) is 33.3 Å². The molecule has 0 amide bonds. The summed E-state index contributed by atoms with van der Waals surface area (Å²) in [5.41, 5.74) is 10.4. The van der Waals surface area contributed by atoms with E-state index in [1.165, 1.54) is 12.3 Å². The first-order valence-corrected chi connectivity index (χ1v) is 11.5. The van der Waals surface area contributed by atoms with Gasteiger partial charge < -0.3 is 10.1 Å². The summed E-state index contributed by atoms with van der Waals surface area (Å²) in [6.07, 6.45) is 12.6. The second-order valence-corrected chi connectivity index (χ2v) is 8.76. The van der Waals surface area contributed by atoms with Crippen molar-refractivity contribution >= 4 is 35.1 Å². The van der Waals surface area contributed by atoms with Crippen LogP contribution in [0.3, 0.4) is 0 Å². The molecule has 34 heavy (non-hydrogen) atoms. The SMILES string of the molecule is N#CB1CCC(N=C/C(=C\N)c2cc(F)c3ncc(Cc4ccc5ncccc5c4)n3c2)CC1. The normalized spacial score (nSPS) is 15.4. The van der Waals surface area contributed by atoms with Gasteiger partial charge in [0.05, 0.1) is 5.52 Å². The predicted octanol–water partition coefficient (Wildman–Crippen LogP) is 4.70. The Bertz CT molecular complexity index is 1440. The number of aromatic nitrogens is 3. The number of aliphatic imine (C=N–C) groups is 1. The molecular weight excluding hydrogens is 426 g/mol. The molecule has 0 unspecified atom stereocenters. The average Bonchev–Trinajstić information content (AvgIpc) is 3.28. The van der Waals surface area contributed by atoms with Gasteiger partial charge in [-0.25, -0.2) is 14.6 Å². The summed E-state index contributed by atoms with van der Waals surface area (Å²) < 4.78 is 16.7. The van der Waals surface area contributed by atoms with E-state index in [9.17, 15) is 4.39 Å². The number of nitriles is 1. The highest BCUT2D eigenvalue weighted by Gasteiger charge is 2.23. The maximum absolute atomic E-state index is 14.9. The van der Waals surface area contributed by atoms with Gasteiger partial charge in [0.25, 0.3) is 6.71 Å². The molecule has 0 bridgehead atoms. The molecule has 1 aliphatic heterocycles. The molecule has 0 aliphatic carbocycles. The summed E-state index contributed by atoms with van der Waals surface area (Å²) in [5.74, 6) is 1.93. The van der Waals surface area contributed by atoms with Crippen LogP contribution in [0.5, 0.6) is 0 Å². The summed E-state index contributed by atoms with van der Waals surface area (Å²) in [4.78, 5) is 13.4. The quantitative estimate of drug-likeness (QED) is 0.352. The first kappa shape index (κ1) is 21.8. The second kappa shape index (κ2) is 9.48. The number of fused-ring (bicyclic) bond motifs is 2. The Morgan fingerprint density at radius 3 is 2.91 bits per heavy atom. The smallest absolute Gasteiger partial charge is 0.268 e. The monoisotopic (exact) mass is 450 g/mol. The molecule has 2 N–H and O–H groups in total. The fourth-order valence-electron chi connectivity index (χ4n) is 4.58. The Labute approximate surface area is 197 Å². The molecule has 0 radical (unpaired) electrons.